The molecule has 0 bridgehead atoms. The van der Waals surface area contributed by atoms with E-state index in [1.165, 1.54) is 28.6 Å². The Morgan fingerprint density at radius 2 is 1.61 bits per heavy atom. The van der Waals surface area contributed by atoms with Crippen LogP contribution in [0, 0.1) is 10.1 Å². The Hall–Kier alpha value is -3.10. The lowest BCUT2D eigenvalue weighted by Gasteiger charge is -2.41. The number of rotatable bonds is 8. The summed E-state index contributed by atoms with van der Waals surface area (Å²) in [4.78, 5) is 25.8. The number of nitro benzene ring substituents is 1. The molecule has 218 valence electrons. The highest BCUT2D eigenvalue weighted by atomic mass is 35.5. The lowest BCUT2D eigenvalue weighted by Crippen LogP contribution is -2.57. The molecule has 1 atom stereocenters. The van der Waals surface area contributed by atoms with Crippen molar-refractivity contribution in [3.8, 4) is 0 Å². The number of carbonyl (C=O) groups excluding carboxylic acids is 1. The summed E-state index contributed by atoms with van der Waals surface area (Å²) in [5.41, 5.74) is -0.123. The van der Waals surface area contributed by atoms with Gasteiger partial charge in [0.1, 0.15) is 6.04 Å². The van der Waals surface area contributed by atoms with Crippen molar-refractivity contribution >= 4 is 54.0 Å². The average Bonchev–Trinajstić information content (AvgIpc) is 2.94. The van der Waals surface area contributed by atoms with Gasteiger partial charge in [0.15, 0.2) is 0 Å². The third-order valence-electron chi connectivity index (χ3n) is 7.64. The Labute approximate surface area is 243 Å². The zero-order valence-corrected chi connectivity index (χ0v) is 24.4. The van der Waals surface area contributed by atoms with Crippen LogP contribution in [0.2, 0.25) is 5.02 Å². The molecule has 2 fully saturated rings. The van der Waals surface area contributed by atoms with Crippen molar-refractivity contribution in [3.05, 3.63) is 81.4 Å². The van der Waals surface area contributed by atoms with E-state index in [-0.39, 0.29) is 41.2 Å². The van der Waals surface area contributed by atoms with Gasteiger partial charge in [0.25, 0.3) is 5.69 Å². The molecule has 0 saturated carbocycles. The molecular weight excluding hydrogens is 592 g/mol. The van der Waals surface area contributed by atoms with Gasteiger partial charge in [0, 0.05) is 42.3 Å². The van der Waals surface area contributed by atoms with Crippen molar-refractivity contribution in [3.63, 3.8) is 0 Å². The van der Waals surface area contributed by atoms with Crippen LogP contribution in [0.15, 0.2) is 65.6 Å². The third kappa shape index (κ3) is 6.38. The molecule has 11 nitrogen and oxygen atoms in total. The first-order valence-corrected chi connectivity index (χ1v) is 16.6. The smallest absolute Gasteiger partial charge is 0.273 e. The van der Waals surface area contributed by atoms with Crippen LogP contribution in [-0.2, 0) is 30.6 Å². The summed E-state index contributed by atoms with van der Waals surface area (Å²) in [7, 11) is -7.80. The fourth-order valence-corrected chi connectivity index (χ4v) is 8.55. The maximum Gasteiger partial charge on any atom is 0.273 e. The number of fused-ring (bicyclic) bond motifs is 1. The molecule has 3 aromatic rings. The number of hydrogen-bond donors (Lipinski definition) is 1. The molecule has 2 saturated heterocycles. The average molecular weight is 621 g/mol. The number of piperidine rings is 2. The number of likely N-dealkylation sites (tertiary alicyclic amines) is 1. The first-order valence-electron chi connectivity index (χ1n) is 13.2. The van der Waals surface area contributed by atoms with Crippen LogP contribution in [0.4, 0.5) is 5.69 Å². The summed E-state index contributed by atoms with van der Waals surface area (Å²) in [5, 5.41) is 13.4. The molecule has 2 aliphatic rings. The van der Waals surface area contributed by atoms with Crippen LogP contribution < -0.4 is 4.72 Å². The van der Waals surface area contributed by atoms with E-state index >= 15 is 0 Å². The molecule has 0 spiro atoms. The lowest BCUT2D eigenvalue weighted by molar-refractivity contribution is -0.385. The van der Waals surface area contributed by atoms with Crippen molar-refractivity contribution in [1.82, 2.24) is 13.9 Å². The lowest BCUT2D eigenvalue weighted by atomic mass is 9.98. The SMILES string of the molecule is O=C1C(NS(=O)(=O)c2ccc3cc(Cl)ccc3c2)CCCN1C1CCN(S(=O)(=O)Cc2ccccc2[N+](=O)[O-])CC1. The van der Waals surface area contributed by atoms with E-state index < -0.39 is 36.8 Å². The zero-order chi connectivity index (χ0) is 29.4. The largest absolute Gasteiger partial charge is 0.338 e. The van der Waals surface area contributed by atoms with Gasteiger partial charge in [-0.3, -0.25) is 14.9 Å². The predicted molar refractivity (Wildman–Crippen MR) is 154 cm³/mol. The standard InChI is InChI=1S/C27H29ClN4O7S2/c28-22-9-7-20-17-24(10-8-19(20)16-22)41(38,39)29-25-5-3-13-31(27(25)33)23-11-14-30(15-12-23)40(36,37)18-21-4-1-2-6-26(21)32(34)35/h1-2,4,6-10,16-17,23,25,29H,3,5,11-15,18H2. The van der Waals surface area contributed by atoms with Gasteiger partial charge in [-0.05, 0) is 60.7 Å². The van der Waals surface area contributed by atoms with Gasteiger partial charge in [-0.15, -0.1) is 0 Å². The highest BCUT2D eigenvalue weighted by Crippen LogP contribution is 2.28. The second-order valence-electron chi connectivity index (χ2n) is 10.3. The van der Waals surface area contributed by atoms with Gasteiger partial charge in [-0.1, -0.05) is 41.9 Å². The van der Waals surface area contributed by atoms with E-state index in [0.717, 1.165) is 5.39 Å². The molecule has 5 rings (SSSR count). The summed E-state index contributed by atoms with van der Waals surface area (Å²) in [6, 6.07) is 14.4. The minimum absolute atomic E-state index is 0.0504. The zero-order valence-electron chi connectivity index (χ0n) is 22.0. The van der Waals surface area contributed by atoms with Gasteiger partial charge in [-0.2, -0.15) is 4.72 Å². The third-order valence-corrected chi connectivity index (χ3v) is 11.2. The topological polar surface area (TPSA) is 147 Å². The van der Waals surface area contributed by atoms with E-state index in [2.05, 4.69) is 4.72 Å². The fourth-order valence-electron chi connectivity index (χ4n) is 5.52. The number of nitrogens with one attached hydrogen (secondary N) is 1. The first-order chi connectivity index (χ1) is 19.4. The van der Waals surface area contributed by atoms with Crippen molar-refractivity contribution in [1.29, 1.82) is 0 Å². The Morgan fingerprint density at radius 3 is 2.34 bits per heavy atom. The van der Waals surface area contributed by atoms with E-state index in [4.69, 9.17) is 11.6 Å². The maximum absolute atomic E-state index is 13.4. The number of sulfonamides is 2. The summed E-state index contributed by atoms with van der Waals surface area (Å²) < 4.78 is 56.4. The van der Waals surface area contributed by atoms with Gasteiger partial charge in [0.05, 0.1) is 15.6 Å². The highest BCUT2D eigenvalue weighted by molar-refractivity contribution is 7.89. The molecular formula is C27H29ClN4O7S2. The van der Waals surface area contributed by atoms with E-state index in [1.807, 2.05) is 0 Å². The van der Waals surface area contributed by atoms with Crippen LogP contribution in [-0.4, -0.2) is 68.6 Å². The van der Waals surface area contributed by atoms with Crippen molar-refractivity contribution < 1.29 is 26.6 Å². The Kier molecular flexibility index (Phi) is 8.35. The Balaban J connectivity index is 1.23. The van der Waals surface area contributed by atoms with Crippen molar-refractivity contribution in [2.24, 2.45) is 0 Å². The molecule has 1 unspecified atom stereocenters. The molecule has 0 aliphatic carbocycles. The first kappa shape index (κ1) is 29.4. The second-order valence-corrected chi connectivity index (χ2v) is 14.4. The molecule has 1 N–H and O–H groups in total. The number of halogens is 1. The van der Waals surface area contributed by atoms with Crippen LogP contribution in [0.5, 0.6) is 0 Å². The monoisotopic (exact) mass is 620 g/mol. The molecule has 1 amide bonds. The molecule has 41 heavy (non-hydrogen) atoms. The molecule has 3 aromatic carbocycles. The Bertz CT molecular complexity index is 1710. The van der Waals surface area contributed by atoms with Gasteiger partial charge < -0.3 is 4.90 Å². The quantitative estimate of drug-likeness (QED) is 0.298. The maximum atomic E-state index is 13.4. The van der Waals surface area contributed by atoms with Gasteiger partial charge in [0.2, 0.25) is 26.0 Å². The highest BCUT2D eigenvalue weighted by Gasteiger charge is 2.38. The molecule has 0 radical (unpaired) electrons. The number of para-hydroxylation sites is 1. The number of nitrogens with zero attached hydrogens (tertiary/aromatic N) is 3. The van der Waals surface area contributed by atoms with Crippen LogP contribution in [0.3, 0.4) is 0 Å². The molecule has 14 heteroatoms. The normalized spacial score (nSPS) is 19.5. The van der Waals surface area contributed by atoms with Crippen LogP contribution in [0.1, 0.15) is 31.2 Å². The fraction of sp³-hybridized carbons (Fsp3) is 0.370. The molecule has 2 heterocycles. The van der Waals surface area contributed by atoms with Crippen LogP contribution >= 0.6 is 11.6 Å². The van der Waals surface area contributed by atoms with Gasteiger partial charge in [-0.25, -0.2) is 21.1 Å². The number of amides is 1. The van der Waals surface area contributed by atoms with Crippen LogP contribution in [0.25, 0.3) is 10.8 Å². The summed E-state index contributed by atoms with van der Waals surface area (Å²) in [6.07, 6.45) is 1.73. The number of carbonyl (C=O) groups is 1. The van der Waals surface area contributed by atoms with Gasteiger partial charge >= 0.3 is 0 Å². The minimum Gasteiger partial charge on any atom is -0.338 e. The summed E-state index contributed by atoms with van der Waals surface area (Å²) in [5.74, 6) is -0.808. The summed E-state index contributed by atoms with van der Waals surface area (Å²) >= 11 is 6.02. The molecule has 2 aliphatic heterocycles. The second kappa shape index (κ2) is 11.6. The van der Waals surface area contributed by atoms with E-state index in [0.29, 0.717) is 42.6 Å². The predicted octanol–water partition coefficient (Wildman–Crippen LogP) is 3.67. The van der Waals surface area contributed by atoms with Crippen molar-refractivity contribution in [2.75, 3.05) is 19.6 Å². The number of hydrogen-bond acceptors (Lipinski definition) is 7. The number of nitro groups is 1. The number of benzene rings is 3. The minimum atomic E-state index is -3.98. The Morgan fingerprint density at radius 1 is 0.927 bits per heavy atom. The van der Waals surface area contributed by atoms with E-state index in [9.17, 15) is 31.7 Å². The van der Waals surface area contributed by atoms with Crippen molar-refractivity contribution in [2.45, 2.75) is 48.4 Å². The summed E-state index contributed by atoms with van der Waals surface area (Å²) in [6.45, 7) is 0.783. The van der Waals surface area contributed by atoms with E-state index in [1.54, 1.807) is 41.3 Å². The molecule has 0 aromatic heterocycles.